The van der Waals surface area contributed by atoms with Crippen molar-refractivity contribution in [3.63, 3.8) is 0 Å². The Morgan fingerprint density at radius 2 is 2.12 bits per heavy atom. The number of halogens is 3. The molecule has 1 fully saturated rings. The number of amides is 1. The molecular weight excluding hydrogens is 341 g/mol. The lowest BCUT2D eigenvalue weighted by Crippen LogP contribution is -2.45. The Kier molecular flexibility index (Phi) is 6.26. The first-order chi connectivity index (χ1) is 11.7. The number of rotatable bonds is 6. The van der Waals surface area contributed by atoms with E-state index in [2.05, 4.69) is 5.32 Å². The second kappa shape index (κ2) is 8.03. The van der Waals surface area contributed by atoms with E-state index in [1.165, 1.54) is 30.1 Å². The number of ether oxygens (including phenoxy) is 1. The summed E-state index contributed by atoms with van der Waals surface area (Å²) in [5.41, 5.74) is -0.921. The van der Waals surface area contributed by atoms with Crippen LogP contribution in [0.3, 0.4) is 0 Å². The molecule has 0 unspecified atom stereocenters. The Bertz CT molecular complexity index is 597. The summed E-state index contributed by atoms with van der Waals surface area (Å²) in [4.78, 5) is 13.4. The number of hydrogen-bond acceptors (Lipinski definition) is 5. The summed E-state index contributed by atoms with van der Waals surface area (Å²) in [5, 5.41) is 22.2. The average molecular weight is 362 g/mol. The van der Waals surface area contributed by atoms with Crippen LogP contribution in [0.5, 0.6) is 5.75 Å². The Morgan fingerprint density at radius 1 is 1.44 bits per heavy atom. The smallest absolute Gasteiger partial charge is 0.419 e. The van der Waals surface area contributed by atoms with Gasteiger partial charge in [-0.1, -0.05) is 12.1 Å². The van der Waals surface area contributed by atoms with Crippen molar-refractivity contribution in [1.29, 1.82) is 0 Å². The molecule has 2 rings (SSSR count). The molecule has 0 spiro atoms. The molecule has 140 valence electrons. The summed E-state index contributed by atoms with van der Waals surface area (Å²) >= 11 is 0. The summed E-state index contributed by atoms with van der Waals surface area (Å²) in [7, 11) is 1.47. The summed E-state index contributed by atoms with van der Waals surface area (Å²) in [6.07, 6.45) is -6.01. The van der Waals surface area contributed by atoms with E-state index in [0.717, 1.165) is 6.07 Å². The van der Waals surface area contributed by atoms with Crippen LogP contribution in [0, 0.1) is 0 Å². The lowest BCUT2D eigenvalue weighted by atomic mass is 10.2. The molecule has 1 saturated heterocycles. The molecule has 9 heteroatoms. The van der Waals surface area contributed by atoms with Crippen LogP contribution in [0.4, 0.5) is 13.2 Å². The van der Waals surface area contributed by atoms with E-state index >= 15 is 0 Å². The van der Waals surface area contributed by atoms with Crippen LogP contribution in [-0.2, 0) is 11.0 Å². The van der Waals surface area contributed by atoms with Gasteiger partial charge in [0.2, 0.25) is 5.91 Å². The maximum Gasteiger partial charge on any atom is 0.419 e. The predicted octanol–water partition coefficient (Wildman–Crippen LogP) is 0.626. The van der Waals surface area contributed by atoms with Crippen LogP contribution in [0.25, 0.3) is 0 Å². The van der Waals surface area contributed by atoms with E-state index in [1.54, 1.807) is 0 Å². The molecule has 25 heavy (non-hydrogen) atoms. The largest absolute Gasteiger partial charge is 0.490 e. The monoisotopic (exact) mass is 362 g/mol. The van der Waals surface area contributed by atoms with Crippen molar-refractivity contribution in [2.75, 3.05) is 26.7 Å². The van der Waals surface area contributed by atoms with Crippen molar-refractivity contribution >= 4 is 5.91 Å². The molecule has 6 nitrogen and oxygen atoms in total. The van der Waals surface area contributed by atoms with Gasteiger partial charge < -0.3 is 25.2 Å². The van der Waals surface area contributed by atoms with Gasteiger partial charge in [0.05, 0.1) is 17.7 Å². The lowest BCUT2D eigenvalue weighted by molar-refractivity contribution is -0.139. The van der Waals surface area contributed by atoms with E-state index in [9.17, 15) is 28.2 Å². The topological polar surface area (TPSA) is 82.0 Å². The van der Waals surface area contributed by atoms with Gasteiger partial charge in [0.25, 0.3) is 0 Å². The standard InChI is InChI=1S/C16H21F3N2O4/c1-21(15(24)13-6-10(22)7-20-13)8-11(23)9-25-14-5-3-2-4-12(14)16(17,18)19/h2-5,10-11,13,20,22-23H,6-9H2,1H3/t10-,11+,13-/m1/s1. The third-order valence-corrected chi connectivity index (χ3v) is 3.89. The number of aliphatic hydroxyl groups excluding tert-OH is 2. The highest BCUT2D eigenvalue weighted by atomic mass is 19.4. The SMILES string of the molecule is CN(C[C@H](O)COc1ccccc1C(F)(F)F)C(=O)[C@H]1C[C@@H](O)CN1. The van der Waals surface area contributed by atoms with Crippen LogP contribution < -0.4 is 10.1 Å². The van der Waals surface area contributed by atoms with Gasteiger partial charge in [-0.25, -0.2) is 0 Å². The van der Waals surface area contributed by atoms with Crippen molar-refractivity contribution in [1.82, 2.24) is 10.2 Å². The minimum atomic E-state index is -4.55. The van der Waals surface area contributed by atoms with Gasteiger partial charge in [-0.05, 0) is 18.6 Å². The summed E-state index contributed by atoms with van der Waals surface area (Å²) in [6.45, 7) is -0.156. The summed E-state index contributed by atoms with van der Waals surface area (Å²) in [6, 6.07) is 4.20. The zero-order valence-electron chi connectivity index (χ0n) is 13.7. The van der Waals surface area contributed by atoms with Crippen LogP contribution in [0.15, 0.2) is 24.3 Å². The Hall–Kier alpha value is -1.84. The van der Waals surface area contributed by atoms with Crippen LogP contribution in [0.2, 0.25) is 0 Å². The molecular formula is C16H21F3N2O4. The molecule has 0 radical (unpaired) electrons. The van der Waals surface area contributed by atoms with Crippen LogP contribution in [-0.4, -0.2) is 66.0 Å². The third kappa shape index (κ3) is 5.32. The number of benzene rings is 1. The predicted molar refractivity (Wildman–Crippen MR) is 83.0 cm³/mol. The first-order valence-corrected chi connectivity index (χ1v) is 7.82. The number of alkyl halides is 3. The lowest BCUT2D eigenvalue weighted by Gasteiger charge is -2.24. The Morgan fingerprint density at radius 3 is 2.72 bits per heavy atom. The Labute approximate surface area is 143 Å². The number of nitrogens with zero attached hydrogens (tertiary/aromatic N) is 1. The number of carbonyl (C=O) groups is 1. The number of nitrogens with one attached hydrogen (secondary N) is 1. The number of likely N-dealkylation sites (N-methyl/N-ethyl adjacent to an activating group) is 1. The van der Waals surface area contributed by atoms with Crippen molar-refractivity contribution in [3.8, 4) is 5.75 Å². The zero-order valence-corrected chi connectivity index (χ0v) is 13.7. The number of carbonyl (C=O) groups excluding carboxylic acids is 1. The van der Waals surface area contributed by atoms with Gasteiger partial charge >= 0.3 is 6.18 Å². The first kappa shape index (κ1) is 19.5. The molecule has 1 aromatic rings. The van der Waals surface area contributed by atoms with Crippen molar-refractivity contribution < 1.29 is 32.9 Å². The summed E-state index contributed by atoms with van der Waals surface area (Å²) in [5.74, 6) is -0.671. The number of hydrogen-bond donors (Lipinski definition) is 3. The second-order valence-corrected chi connectivity index (χ2v) is 6.03. The van der Waals surface area contributed by atoms with E-state index in [1.807, 2.05) is 0 Å². The van der Waals surface area contributed by atoms with E-state index < -0.39 is 30.0 Å². The number of aliphatic hydroxyl groups is 2. The quantitative estimate of drug-likeness (QED) is 0.692. The molecule has 0 aliphatic carbocycles. The van der Waals surface area contributed by atoms with E-state index in [-0.39, 0.29) is 31.2 Å². The molecule has 3 N–H and O–H groups in total. The van der Waals surface area contributed by atoms with Gasteiger partial charge in [0, 0.05) is 20.1 Å². The molecule has 0 saturated carbocycles. The van der Waals surface area contributed by atoms with Crippen LogP contribution in [0.1, 0.15) is 12.0 Å². The molecule has 1 aromatic carbocycles. The van der Waals surface area contributed by atoms with Gasteiger partial charge in [-0.3, -0.25) is 4.79 Å². The fourth-order valence-corrected chi connectivity index (χ4v) is 2.64. The molecule has 3 atom stereocenters. The highest BCUT2D eigenvalue weighted by Gasteiger charge is 2.34. The van der Waals surface area contributed by atoms with Crippen molar-refractivity contribution in [2.45, 2.75) is 30.8 Å². The molecule has 1 aliphatic heterocycles. The van der Waals surface area contributed by atoms with Gasteiger partial charge in [0.1, 0.15) is 18.5 Å². The van der Waals surface area contributed by atoms with Crippen molar-refractivity contribution in [3.05, 3.63) is 29.8 Å². The third-order valence-electron chi connectivity index (χ3n) is 3.89. The highest BCUT2D eigenvalue weighted by Crippen LogP contribution is 2.35. The second-order valence-electron chi connectivity index (χ2n) is 6.03. The molecule has 0 aromatic heterocycles. The molecule has 1 amide bonds. The molecule has 0 bridgehead atoms. The number of para-hydroxylation sites is 1. The van der Waals surface area contributed by atoms with Gasteiger partial charge in [0.15, 0.2) is 0 Å². The minimum absolute atomic E-state index is 0.0959. The number of β-amino-alcohol motifs (C(OH)–C–C–N with tert-alkyl or cyclic N) is 1. The fourth-order valence-electron chi connectivity index (χ4n) is 2.64. The molecule has 1 aliphatic rings. The van der Waals surface area contributed by atoms with Gasteiger partial charge in [-0.2, -0.15) is 13.2 Å². The maximum atomic E-state index is 12.9. The van der Waals surface area contributed by atoms with Gasteiger partial charge in [-0.15, -0.1) is 0 Å². The van der Waals surface area contributed by atoms with E-state index in [0.29, 0.717) is 6.54 Å². The van der Waals surface area contributed by atoms with Crippen molar-refractivity contribution in [2.24, 2.45) is 0 Å². The minimum Gasteiger partial charge on any atom is -0.490 e. The zero-order chi connectivity index (χ0) is 18.6. The first-order valence-electron chi connectivity index (χ1n) is 7.82. The average Bonchev–Trinajstić information content (AvgIpc) is 2.98. The normalized spacial score (nSPS) is 21.8. The van der Waals surface area contributed by atoms with E-state index in [4.69, 9.17) is 4.74 Å². The summed E-state index contributed by atoms with van der Waals surface area (Å²) < 4.78 is 43.7. The molecule has 1 heterocycles. The maximum absolute atomic E-state index is 12.9. The fraction of sp³-hybridized carbons (Fsp3) is 0.562. The highest BCUT2D eigenvalue weighted by molar-refractivity contribution is 5.82. The Balaban J connectivity index is 1.87. The van der Waals surface area contributed by atoms with Crippen LogP contribution >= 0.6 is 0 Å².